The summed E-state index contributed by atoms with van der Waals surface area (Å²) < 4.78 is 43.3. The van der Waals surface area contributed by atoms with E-state index in [4.69, 9.17) is 4.74 Å². The minimum Gasteiger partial charge on any atom is -0.456 e. The molecule has 0 aliphatic carbocycles. The number of aromatic nitrogens is 2. The number of hydrogen-bond acceptors (Lipinski definition) is 5. The number of rotatable bonds is 5. The van der Waals surface area contributed by atoms with Gasteiger partial charge in [0.25, 0.3) is 5.91 Å². The molecule has 0 bridgehead atoms. The first-order chi connectivity index (χ1) is 14.1. The summed E-state index contributed by atoms with van der Waals surface area (Å²) in [6.07, 6.45) is -3.52. The maximum atomic E-state index is 12.6. The first-order valence-corrected chi connectivity index (χ1v) is 8.74. The van der Waals surface area contributed by atoms with Gasteiger partial charge in [0.15, 0.2) is 0 Å². The van der Waals surface area contributed by atoms with Crippen LogP contribution < -0.4 is 10.1 Å². The fourth-order valence-electron chi connectivity index (χ4n) is 2.44. The van der Waals surface area contributed by atoms with Crippen molar-refractivity contribution in [3.8, 4) is 11.5 Å². The highest BCUT2D eigenvalue weighted by Crippen LogP contribution is 2.30. The number of nitrogens with zero attached hydrogens (tertiary/aromatic N) is 3. The molecule has 0 aliphatic heterocycles. The van der Waals surface area contributed by atoms with Crippen molar-refractivity contribution in [1.29, 1.82) is 0 Å². The van der Waals surface area contributed by atoms with E-state index in [9.17, 15) is 22.8 Å². The highest BCUT2D eigenvalue weighted by Gasteiger charge is 2.32. The summed E-state index contributed by atoms with van der Waals surface area (Å²) in [5, 5.41) is 3.16. The molecule has 2 aromatic heterocycles. The number of halogens is 3. The average Bonchev–Trinajstić information content (AvgIpc) is 2.71. The van der Waals surface area contributed by atoms with Gasteiger partial charge in [0, 0.05) is 19.5 Å². The number of benzene rings is 1. The quantitative estimate of drug-likeness (QED) is 0.688. The Labute approximate surface area is 169 Å². The van der Waals surface area contributed by atoms with Crippen LogP contribution in [0.1, 0.15) is 16.2 Å². The normalized spacial score (nSPS) is 11.2. The number of pyridine rings is 2. The van der Waals surface area contributed by atoms with Crippen molar-refractivity contribution < 1.29 is 27.5 Å². The van der Waals surface area contributed by atoms with E-state index < -0.39 is 17.8 Å². The summed E-state index contributed by atoms with van der Waals surface area (Å²) in [5.74, 6) is -0.205. The molecule has 1 aromatic carbocycles. The lowest BCUT2D eigenvalue weighted by Gasteiger charge is -2.11. The lowest BCUT2D eigenvalue weighted by atomic mass is 10.2. The molecule has 0 radical (unpaired) electrons. The van der Waals surface area contributed by atoms with Crippen LogP contribution in [0.5, 0.6) is 11.5 Å². The molecule has 3 rings (SSSR count). The van der Waals surface area contributed by atoms with Crippen LogP contribution in [0.2, 0.25) is 0 Å². The molecule has 0 atom stereocenters. The molecular weight excluding hydrogens is 401 g/mol. The molecule has 156 valence electrons. The van der Waals surface area contributed by atoms with Crippen molar-refractivity contribution in [3.05, 3.63) is 60.0 Å². The Morgan fingerprint density at radius 3 is 2.43 bits per heavy atom. The largest absolute Gasteiger partial charge is 0.456 e. The van der Waals surface area contributed by atoms with E-state index in [0.717, 1.165) is 12.3 Å². The van der Waals surface area contributed by atoms with E-state index in [1.54, 1.807) is 38.4 Å². The molecule has 30 heavy (non-hydrogen) atoms. The maximum Gasteiger partial charge on any atom is 0.433 e. The van der Waals surface area contributed by atoms with Gasteiger partial charge in [0.2, 0.25) is 5.91 Å². The molecule has 3 aromatic rings. The number of alkyl halides is 3. The molecule has 0 unspecified atom stereocenters. The van der Waals surface area contributed by atoms with Gasteiger partial charge >= 0.3 is 6.18 Å². The number of fused-ring (bicyclic) bond motifs is 1. The number of carbonyl (C=O) groups is 2. The van der Waals surface area contributed by atoms with Crippen molar-refractivity contribution >= 4 is 22.7 Å². The number of hydrogen-bond donors (Lipinski definition) is 1. The van der Waals surface area contributed by atoms with Crippen LogP contribution in [0, 0.1) is 0 Å². The molecular formula is C20H17F3N4O3. The van der Waals surface area contributed by atoms with Gasteiger partial charge in [-0.25, -0.2) is 9.97 Å². The fraction of sp³-hybridized carbons (Fsp3) is 0.200. The summed E-state index contributed by atoms with van der Waals surface area (Å²) >= 11 is 0. The van der Waals surface area contributed by atoms with E-state index >= 15 is 0 Å². The SMILES string of the molecule is CN(C)C(=O)CNC(=O)c1ccc2cc(Oc3ccc(C(F)(F)F)nc3)ccc2n1. The van der Waals surface area contributed by atoms with Gasteiger partial charge in [-0.3, -0.25) is 9.59 Å². The molecule has 2 amide bonds. The number of amides is 2. The minimum absolute atomic E-state index is 0.139. The predicted molar refractivity (Wildman–Crippen MR) is 102 cm³/mol. The van der Waals surface area contributed by atoms with Crippen molar-refractivity contribution in [3.63, 3.8) is 0 Å². The monoisotopic (exact) mass is 418 g/mol. The fourth-order valence-corrected chi connectivity index (χ4v) is 2.44. The summed E-state index contributed by atoms with van der Waals surface area (Å²) in [6, 6.07) is 10.0. The number of nitrogens with one attached hydrogen (secondary N) is 1. The first-order valence-electron chi connectivity index (χ1n) is 8.74. The van der Waals surface area contributed by atoms with Gasteiger partial charge in [-0.1, -0.05) is 6.07 Å². The molecule has 7 nitrogen and oxygen atoms in total. The maximum absolute atomic E-state index is 12.6. The Morgan fingerprint density at radius 1 is 1.07 bits per heavy atom. The van der Waals surface area contributed by atoms with Crippen LogP contribution in [0.25, 0.3) is 10.9 Å². The zero-order valence-corrected chi connectivity index (χ0v) is 16.0. The van der Waals surface area contributed by atoms with Crippen molar-refractivity contribution in [2.45, 2.75) is 6.18 Å². The van der Waals surface area contributed by atoms with E-state index in [0.29, 0.717) is 16.7 Å². The van der Waals surface area contributed by atoms with Gasteiger partial charge < -0.3 is 15.0 Å². The van der Waals surface area contributed by atoms with Crippen LogP contribution in [0.15, 0.2) is 48.7 Å². The molecule has 2 heterocycles. The first kappa shape index (κ1) is 21.0. The summed E-state index contributed by atoms with van der Waals surface area (Å²) in [6.45, 7) is -0.139. The Morgan fingerprint density at radius 2 is 1.80 bits per heavy atom. The van der Waals surface area contributed by atoms with Gasteiger partial charge in [-0.05, 0) is 36.4 Å². The standard InChI is InChI=1S/C20H17F3N4O3/c1-27(2)18(28)11-25-19(29)16-6-3-12-9-13(4-7-15(12)26-16)30-14-5-8-17(24-10-14)20(21,22)23/h3-10H,11H2,1-2H3,(H,25,29). The topological polar surface area (TPSA) is 84.4 Å². The Bertz CT molecular complexity index is 1080. The third-order valence-electron chi connectivity index (χ3n) is 4.05. The molecule has 1 N–H and O–H groups in total. The Hall–Kier alpha value is -3.69. The average molecular weight is 418 g/mol. The van der Waals surface area contributed by atoms with Crippen molar-refractivity contribution in [1.82, 2.24) is 20.2 Å². The third kappa shape index (κ3) is 5.02. The van der Waals surface area contributed by atoms with Crippen LogP contribution in [0.4, 0.5) is 13.2 Å². The summed E-state index contributed by atoms with van der Waals surface area (Å²) in [7, 11) is 3.17. The zero-order chi connectivity index (χ0) is 21.9. The van der Waals surface area contributed by atoms with Gasteiger partial charge in [0.1, 0.15) is 22.9 Å². The van der Waals surface area contributed by atoms with E-state index in [1.807, 2.05) is 0 Å². The highest BCUT2D eigenvalue weighted by atomic mass is 19.4. The van der Waals surface area contributed by atoms with Crippen molar-refractivity contribution in [2.24, 2.45) is 0 Å². The lowest BCUT2D eigenvalue weighted by Crippen LogP contribution is -2.36. The Balaban J connectivity index is 1.72. The van der Waals surface area contributed by atoms with E-state index in [1.165, 1.54) is 17.0 Å². The lowest BCUT2D eigenvalue weighted by molar-refractivity contribution is -0.141. The van der Waals surface area contributed by atoms with Gasteiger partial charge in [0.05, 0.1) is 18.3 Å². The summed E-state index contributed by atoms with van der Waals surface area (Å²) in [4.78, 5) is 32.7. The van der Waals surface area contributed by atoms with E-state index in [2.05, 4.69) is 15.3 Å². The van der Waals surface area contributed by atoms with E-state index in [-0.39, 0.29) is 23.9 Å². The van der Waals surface area contributed by atoms with Crippen molar-refractivity contribution in [2.75, 3.05) is 20.6 Å². The molecule has 0 spiro atoms. The van der Waals surface area contributed by atoms with Crippen LogP contribution >= 0.6 is 0 Å². The summed E-state index contributed by atoms with van der Waals surface area (Å²) in [5.41, 5.74) is -0.343. The predicted octanol–water partition coefficient (Wildman–Crippen LogP) is 3.26. The molecule has 0 saturated carbocycles. The van der Waals surface area contributed by atoms with Gasteiger partial charge in [-0.2, -0.15) is 13.2 Å². The second-order valence-electron chi connectivity index (χ2n) is 6.50. The number of carbonyl (C=O) groups excluding carboxylic acids is 2. The van der Waals surface area contributed by atoms with Crippen LogP contribution in [0.3, 0.4) is 0 Å². The highest BCUT2D eigenvalue weighted by molar-refractivity contribution is 5.96. The van der Waals surface area contributed by atoms with Crippen LogP contribution in [-0.4, -0.2) is 47.3 Å². The van der Waals surface area contributed by atoms with Crippen LogP contribution in [-0.2, 0) is 11.0 Å². The Kier molecular flexibility index (Phi) is 5.86. The smallest absolute Gasteiger partial charge is 0.433 e. The number of ether oxygens (including phenoxy) is 1. The molecule has 10 heteroatoms. The molecule has 0 aliphatic rings. The minimum atomic E-state index is -4.52. The van der Waals surface area contributed by atoms with Gasteiger partial charge in [-0.15, -0.1) is 0 Å². The molecule has 0 fully saturated rings. The number of likely N-dealkylation sites (N-methyl/N-ethyl adjacent to an activating group) is 1. The second-order valence-corrected chi connectivity index (χ2v) is 6.50. The second kappa shape index (κ2) is 8.36. The third-order valence-corrected chi connectivity index (χ3v) is 4.05. The zero-order valence-electron chi connectivity index (χ0n) is 16.0. The molecule has 0 saturated heterocycles.